The van der Waals surface area contributed by atoms with Gasteiger partial charge < -0.3 is 19.5 Å². The van der Waals surface area contributed by atoms with Gasteiger partial charge in [-0.3, -0.25) is 14.6 Å². The first-order valence-electron chi connectivity index (χ1n) is 10.2. The van der Waals surface area contributed by atoms with Crippen molar-refractivity contribution in [2.45, 2.75) is 57.2 Å². The summed E-state index contributed by atoms with van der Waals surface area (Å²) in [5.41, 5.74) is -0.657. The summed E-state index contributed by atoms with van der Waals surface area (Å²) < 4.78 is 15.8. The van der Waals surface area contributed by atoms with Gasteiger partial charge in [-0.1, -0.05) is 18.2 Å². The summed E-state index contributed by atoms with van der Waals surface area (Å²) in [6.07, 6.45) is 0.574. The fourth-order valence-electron chi connectivity index (χ4n) is 3.57. The first-order valence-corrected chi connectivity index (χ1v) is 10.2. The van der Waals surface area contributed by atoms with Gasteiger partial charge in [-0.05, 0) is 39.3 Å². The first kappa shape index (κ1) is 22.7. The minimum Gasteiger partial charge on any atom is -0.469 e. The van der Waals surface area contributed by atoms with Crippen LogP contribution in [0, 0.1) is 0 Å². The molecule has 1 fully saturated rings. The van der Waals surface area contributed by atoms with Crippen molar-refractivity contribution in [1.82, 2.24) is 5.32 Å². The molecule has 2 atom stereocenters. The predicted molar refractivity (Wildman–Crippen MR) is 114 cm³/mol. The molecule has 2 aliphatic heterocycles. The van der Waals surface area contributed by atoms with E-state index in [2.05, 4.69) is 10.4 Å². The number of hydrazone groups is 1. The Bertz CT molecular complexity index is 856. The monoisotopic (exact) mass is 431 g/mol. The highest BCUT2D eigenvalue weighted by Gasteiger charge is 2.43. The quantitative estimate of drug-likeness (QED) is 0.685. The van der Waals surface area contributed by atoms with Crippen LogP contribution in [0.25, 0.3) is 0 Å². The highest BCUT2D eigenvalue weighted by Crippen LogP contribution is 2.28. The predicted octanol–water partition coefficient (Wildman–Crippen LogP) is 1.80. The molecule has 2 heterocycles. The van der Waals surface area contributed by atoms with Crippen LogP contribution in [0.1, 0.15) is 40.0 Å². The molecule has 1 saturated heterocycles. The van der Waals surface area contributed by atoms with Gasteiger partial charge in [-0.25, -0.2) is 4.79 Å². The Kier molecular flexibility index (Phi) is 6.64. The maximum atomic E-state index is 13.1. The van der Waals surface area contributed by atoms with Gasteiger partial charge in [-0.2, -0.15) is 5.10 Å². The second-order valence-corrected chi connectivity index (χ2v) is 8.77. The third-order valence-corrected chi connectivity index (χ3v) is 5.06. The third kappa shape index (κ3) is 5.61. The van der Waals surface area contributed by atoms with Crippen molar-refractivity contribution < 1.29 is 28.6 Å². The van der Waals surface area contributed by atoms with Crippen LogP contribution >= 0.6 is 0 Å². The summed E-state index contributed by atoms with van der Waals surface area (Å²) in [6, 6.07) is 8.37. The van der Waals surface area contributed by atoms with Crippen molar-refractivity contribution in [3.05, 3.63) is 30.3 Å². The van der Waals surface area contributed by atoms with Crippen molar-refractivity contribution in [2.75, 3.05) is 25.3 Å². The lowest BCUT2D eigenvalue weighted by Gasteiger charge is -2.27. The molecule has 1 aromatic rings. The van der Waals surface area contributed by atoms with Crippen molar-refractivity contribution in [3.8, 4) is 0 Å². The summed E-state index contributed by atoms with van der Waals surface area (Å²) in [5.74, 6) is -1.34. The maximum absolute atomic E-state index is 13.1. The fraction of sp³-hybridized carbons (Fsp3) is 0.545. The minimum atomic E-state index is -0.853. The zero-order chi connectivity index (χ0) is 22.6. The molecular weight excluding hydrogens is 402 g/mol. The van der Waals surface area contributed by atoms with Gasteiger partial charge in [0.2, 0.25) is 0 Å². The summed E-state index contributed by atoms with van der Waals surface area (Å²) in [6.45, 7) is 6.01. The van der Waals surface area contributed by atoms with Crippen LogP contribution < -0.4 is 10.3 Å². The standard InChI is InChI=1S/C22H29N3O6/c1-21(2,3)31-20(28)17-12-16(24-25(17)15-8-6-5-7-9-15)19(27)23-22(10-11-30-14-22)13-18(26)29-4/h5-9,17H,10-14H2,1-4H3,(H,23,27)/t17-,22-/m0/s1. The third-order valence-electron chi connectivity index (χ3n) is 5.06. The highest BCUT2D eigenvalue weighted by molar-refractivity contribution is 6.40. The van der Waals surface area contributed by atoms with Gasteiger partial charge >= 0.3 is 11.9 Å². The van der Waals surface area contributed by atoms with Crippen LogP contribution in [-0.4, -0.2) is 61.1 Å². The van der Waals surface area contributed by atoms with Gasteiger partial charge in [0, 0.05) is 13.0 Å². The first-order chi connectivity index (χ1) is 14.6. The van der Waals surface area contributed by atoms with Crippen molar-refractivity contribution in [2.24, 2.45) is 5.10 Å². The number of benzene rings is 1. The number of esters is 2. The van der Waals surface area contributed by atoms with Crippen LogP contribution in [0.2, 0.25) is 0 Å². The molecule has 0 unspecified atom stereocenters. The average molecular weight is 431 g/mol. The molecule has 2 aliphatic rings. The van der Waals surface area contributed by atoms with Gasteiger partial charge in [0.15, 0.2) is 6.04 Å². The number of ether oxygens (including phenoxy) is 3. The molecular formula is C22H29N3O6. The van der Waals surface area contributed by atoms with Crippen LogP contribution in [0.15, 0.2) is 35.4 Å². The topological polar surface area (TPSA) is 107 Å². The Labute approximate surface area is 181 Å². The van der Waals surface area contributed by atoms with E-state index in [4.69, 9.17) is 14.2 Å². The highest BCUT2D eigenvalue weighted by atomic mass is 16.6. The second-order valence-electron chi connectivity index (χ2n) is 8.77. The fourth-order valence-corrected chi connectivity index (χ4v) is 3.57. The summed E-state index contributed by atoms with van der Waals surface area (Å²) in [7, 11) is 1.30. The molecule has 31 heavy (non-hydrogen) atoms. The van der Waals surface area contributed by atoms with E-state index in [1.165, 1.54) is 12.1 Å². The zero-order valence-corrected chi connectivity index (χ0v) is 18.3. The van der Waals surface area contributed by atoms with Gasteiger partial charge in [0.25, 0.3) is 5.91 Å². The molecule has 0 spiro atoms. The zero-order valence-electron chi connectivity index (χ0n) is 18.3. The van der Waals surface area contributed by atoms with Crippen molar-refractivity contribution in [3.63, 3.8) is 0 Å². The number of nitrogens with zero attached hydrogens (tertiary/aromatic N) is 2. The van der Waals surface area contributed by atoms with E-state index >= 15 is 0 Å². The number of methoxy groups -OCH3 is 1. The average Bonchev–Trinajstić information content (AvgIpc) is 3.35. The van der Waals surface area contributed by atoms with Crippen LogP contribution in [-0.2, 0) is 28.6 Å². The number of hydrogen-bond acceptors (Lipinski definition) is 8. The normalized spacial score (nSPS) is 23.3. The smallest absolute Gasteiger partial charge is 0.331 e. The maximum Gasteiger partial charge on any atom is 0.331 e. The Hall–Kier alpha value is -2.94. The van der Waals surface area contributed by atoms with Crippen LogP contribution in [0.3, 0.4) is 0 Å². The van der Waals surface area contributed by atoms with Crippen LogP contribution in [0.4, 0.5) is 5.69 Å². The SMILES string of the molecule is COC(=O)C[C@@]1(NC(=O)C2=NN(c3ccccc3)[C@H](C(=O)OC(C)(C)C)C2)CCOC1. The van der Waals surface area contributed by atoms with Gasteiger partial charge in [0.05, 0.1) is 31.4 Å². The molecule has 0 bridgehead atoms. The van der Waals surface area contributed by atoms with Gasteiger partial charge in [-0.15, -0.1) is 0 Å². The minimum absolute atomic E-state index is 0.000411. The summed E-state index contributed by atoms with van der Waals surface area (Å²) in [4.78, 5) is 37.8. The molecule has 0 radical (unpaired) electrons. The lowest BCUT2D eigenvalue weighted by Crippen LogP contribution is -2.52. The number of carbonyl (C=O) groups excluding carboxylic acids is 3. The molecule has 168 valence electrons. The number of hydrogen-bond donors (Lipinski definition) is 1. The number of amides is 1. The Balaban J connectivity index is 1.82. The van der Waals surface area contributed by atoms with E-state index in [0.29, 0.717) is 18.7 Å². The summed E-state index contributed by atoms with van der Waals surface area (Å²) in [5, 5.41) is 8.86. The molecule has 0 aromatic heterocycles. The Morgan fingerprint density at radius 1 is 1.26 bits per heavy atom. The van der Waals surface area contributed by atoms with E-state index in [0.717, 1.165) is 0 Å². The summed E-state index contributed by atoms with van der Waals surface area (Å²) >= 11 is 0. The van der Waals surface area contributed by atoms with Crippen LogP contribution in [0.5, 0.6) is 0 Å². The number of anilines is 1. The molecule has 3 rings (SSSR count). The number of carbonyl (C=O) groups is 3. The van der Waals surface area contributed by atoms with Gasteiger partial charge in [0.1, 0.15) is 11.3 Å². The van der Waals surface area contributed by atoms with E-state index in [1.54, 1.807) is 20.8 Å². The molecule has 1 amide bonds. The number of para-hydroxylation sites is 1. The molecule has 0 aliphatic carbocycles. The lowest BCUT2D eigenvalue weighted by atomic mass is 9.93. The Morgan fingerprint density at radius 2 is 1.97 bits per heavy atom. The second kappa shape index (κ2) is 9.05. The van der Waals surface area contributed by atoms with Crippen molar-refractivity contribution >= 4 is 29.2 Å². The molecule has 0 saturated carbocycles. The van der Waals surface area contributed by atoms with E-state index < -0.39 is 35.0 Å². The van der Waals surface area contributed by atoms with Crippen molar-refractivity contribution in [1.29, 1.82) is 0 Å². The number of rotatable bonds is 6. The van der Waals surface area contributed by atoms with E-state index in [1.807, 2.05) is 30.3 Å². The Morgan fingerprint density at radius 3 is 2.55 bits per heavy atom. The lowest BCUT2D eigenvalue weighted by molar-refractivity contribution is -0.156. The largest absolute Gasteiger partial charge is 0.469 e. The molecule has 1 N–H and O–H groups in total. The molecule has 9 heteroatoms. The van der Waals surface area contributed by atoms with E-state index in [-0.39, 0.29) is 25.2 Å². The molecule has 9 nitrogen and oxygen atoms in total. The number of nitrogens with one attached hydrogen (secondary N) is 1. The van der Waals surface area contributed by atoms with E-state index in [9.17, 15) is 14.4 Å². The molecule has 1 aromatic carbocycles.